The van der Waals surface area contributed by atoms with E-state index in [9.17, 15) is 0 Å². The molecule has 7 heteroatoms. The van der Waals surface area contributed by atoms with E-state index in [0.717, 1.165) is 24.4 Å². The second-order valence-corrected chi connectivity index (χ2v) is 4.74. The van der Waals surface area contributed by atoms with Gasteiger partial charge in [-0.15, -0.1) is 5.10 Å². The van der Waals surface area contributed by atoms with Crippen LogP contribution in [0.15, 0.2) is 11.6 Å². The third-order valence-electron chi connectivity index (χ3n) is 2.48. The number of rotatable bonds is 5. The van der Waals surface area contributed by atoms with Gasteiger partial charge in [0.1, 0.15) is 0 Å². The summed E-state index contributed by atoms with van der Waals surface area (Å²) < 4.78 is 5.67. The first-order valence-electron chi connectivity index (χ1n) is 5.41. The zero-order chi connectivity index (χ0) is 12.3. The number of nitrogens with one attached hydrogen (secondary N) is 1. The highest BCUT2D eigenvalue weighted by molar-refractivity contribution is 7.03. The molecule has 0 fully saturated rings. The predicted octanol–water partition coefficient (Wildman–Crippen LogP) is 2.01. The Morgan fingerprint density at radius 1 is 1.59 bits per heavy atom. The van der Waals surface area contributed by atoms with Crippen molar-refractivity contribution >= 4 is 23.1 Å². The largest absolute Gasteiger partial charge is 0.304 e. The Morgan fingerprint density at radius 3 is 2.94 bits per heavy atom. The van der Waals surface area contributed by atoms with E-state index < -0.39 is 0 Å². The van der Waals surface area contributed by atoms with Crippen molar-refractivity contribution < 1.29 is 0 Å². The van der Waals surface area contributed by atoms with Gasteiger partial charge < -0.3 is 5.32 Å². The molecule has 17 heavy (non-hydrogen) atoms. The van der Waals surface area contributed by atoms with Gasteiger partial charge in [0, 0.05) is 12.4 Å². The number of aromatic nitrogens is 4. The van der Waals surface area contributed by atoms with Crippen molar-refractivity contribution in [2.75, 3.05) is 6.54 Å². The maximum atomic E-state index is 6.17. The molecule has 0 bridgehead atoms. The van der Waals surface area contributed by atoms with E-state index in [1.807, 2.05) is 12.4 Å². The molecule has 0 aliphatic rings. The number of hydrogen-bond acceptors (Lipinski definition) is 5. The third kappa shape index (κ3) is 2.65. The van der Waals surface area contributed by atoms with Crippen LogP contribution in [0, 0.1) is 0 Å². The van der Waals surface area contributed by atoms with E-state index in [4.69, 9.17) is 11.6 Å². The molecule has 0 radical (unpaired) electrons. The molecule has 1 unspecified atom stereocenters. The van der Waals surface area contributed by atoms with E-state index in [1.54, 1.807) is 10.9 Å². The molecule has 5 nitrogen and oxygen atoms in total. The zero-order valence-corrected chi connectivity index (χ0v) is 11.3. The lowest BCUT2D eigenvalue weighted by atomic mass is 10.1. The highest BCUT2D eigenvalue weighted by Gasteiger charge is 2.22. The Hall–Kier alpha value is -0.980. The molecule has 1 N–H and O–H groups in total. The predicted molar refractivity (Wildman–Crippen MR) is 68.3 cm³/mol. The fourth-order valence-corrected chi connectivity index (χ4v) is 2.43. The van der Waals surface area contributed by atoms with Crippen LogP contribution in [0.4, 0.5) is 0 Å². The van der Waals surface area contributed by atoms with Gasteiger partial charge >= 0.3 is 0 Å². The molecule has 0 saturated heterocycles. The van der Waals surface area contributed by atoms with Gasteiger partial charge in [-0.2, -0.15) is 5.10 Å². The Balaban J connectivity index is 2.33. The Labute approximate surface area is 109 Å². The summed E-state index contributed by atoms with van der Waals surface area (Å²) in [6, 6.07) is -0.0475. The van der Waals surface area contributed by atoms with Crippen LogP contribution in [0.5, 0.6) is 0 Å². The summed E-state index contributed by atoms with van der Waals surface area (Å²) in [5.41, 5.74) is 1.81. The first kappa shape index (κ1) is 12.5. The van der Waals surface area contributed by atoms with Crippen LogP contribution in [0.2, 0.25) is 5.02 Å². The normalized spacial score (nSPS) is 12.9. The number of halogens is 1. The van der Waals surface area contributed by atoms with Gasteiger partial charge in [-0.05, 0) is 24.5 Å². The molecule has 2 heterocycles. The summed E-state index contributed by atoms with van der Waals surface area (Å²) in [5.74, 6) is 0. The van der Waals surface area contributed by atoms with Crippen LogP contribution >= 0.6 is 23.1 Å². The van der Waals surface area contributed by atoms with Crippen molar-refractivity contribution in [1.82, 2.24) is 24.7 Å². The highest BCUT2D eigenvalue weighted by Crippen LogP contribution is 2.26. The van der Waals surface area contributed by atoms with Gasteiger partial charge in [-0.1, -0.05) is 23.0 Å². The quantitative estimate of drug-likeness (QED) is 0.904. The van der Waals surface area contributed by atoms with Crippen molar-refractivity contribution in [2.24, 2.45) is 7.05 Å². The first-order valence-corrected chi connectivity index (χ1v) is 6.63. The smallest absolute Gasteiger partial charge is 0.0986 e. The van der Waals surface area contributed by atoms with Crippen molar-refractivity contribution in [1.29, 1.82) is 0 Å². The molecule has 92 valence electrons. The van der Waals surface area contributed by atoms with Gasteiger partial charge in [0.15, 0.2) is 0 Å². The second kappa shape index (κ2) is 5.57. The Bertz CT molecular complexity index is 448. The monoisotopic (exact) mass is 271 g/mol. The topological polar surface area (TPSA) is 55.6 Å². The number of nitrogens with zero attached hydrogens (tertiary/aromatic N) is 4. The maximum absolute atomic E-state index is 6.17. The van der Waals surface area contributed by atoms with Gasteiger partial charge in [0.05, 0.1) is 28.6 Å². The molecule has 0 amide bonds. The van der Waals surface area contributed by atoms with E-state index in [2.05, 4.69) is 26.9 Å². The van der Waals surface area contributed by atoms with Crippen LogP contribution in [0.3, 0.4) is 0 Å². The molecule has 0 spiro atoms. The van der Waals surface area contributed by atoms with Crippen molar-refractivity contribution in [3.63, 3.8) is 0 Å². The van der Waals surface area contributed by atoms with E-state index in [1.165, 1.54) is 11.5 Å². The maximum Gasteiger partial charge on any atom is 0.0986 e. The summed E-state index contributed by atoms with van der Waals surface area (Å²) in [7, 11) is 1.88. The summed E-state index contributed by atoms with van der Waals surface area (Å²) >= 11 is 7.50. The minimum atomic E-state index is -0.0475. The van der Waals surface area contributed by atoms with E-state index >= 15 is 0 Å². The average molecular weight is 272 g/mol. The minimum absolute atomic E-state index is 0.0475. The third-order valence-corrected chi connectivity index (χ3v) is 3.30. The average Bonchev–Trinajstić information content (AvgIpc) is 2.93. The molecule has 2 aromatic heterocycles. The summed E-state index contributed by atoms with van der Waals surface area (Å²) in [5, 5.41) is 14.3. The summed E-state index contributed by atoms with van der Waals surface area (Å²) in [6.07, 6.45) is 2.70. The SMILES string of the molecule is CCCNC(c1csnn1)c1c(Cl)cnn1C. The van der Waals surface area contributed by atoms with Gasteiger partial charge in [-0.3, -0.25) is 4.68 Å². The van der Waals surface area contributed by atoms with Crippen LogP contribution in [-0.2, 0) is 7.05 Å². The molecule has 0 aliphatic heterocycles. The second-order valence-electron chi connectivity index (χ2n) is 3.72. The molecular formula is C10H14ClN5S. The van der Waals surface area contributed by atoms with Crippen LogP contribution in [0.25, 0.3) is 0 Å². The van der Waals surface area contributed by atoms with Gasteiger partial charge in [-0.25, -0.2) is 0 Å². The van der Waals surface area contributed by atoms with E-state index in [-0.39, 0.29) is 6.04 Å². The zero-order valence-electron chi connectivity index (χ0n) is 9.72. The molecule has 0 saturated carbocycles. The fourth-order valence-electron chi connectivity index (χ4n) is 1.67. The Kier molecular flexibility index (Phi) is 4.09. The standard InChI is InChI=1S/C10H14ClN5S/c1-3-4-12-9(8-6-17-15-14-8)10-7(11)5-13-16(10)2/h5-6,9,12H,3-4H2,1-2H3. The molecule has 2 rings (SSSR count). The van der Waals surface area contributed by atoms with Crippen molar-refractivity contribution in [3.05, 3.63) is 28.0 Å². The fraction of sp³-hybridized carbons (Fsp3) is 0.500. The van der Waals surface area contributed by atoms with Crippen LogP contribution in [0.1, 0.15) is 30.8 Å². The molecule has 0 aromatic carbocycles. The molecule has 0 aliphatic carbocycles. The summed E-state index contributed by atoms with van der Waals surface area (Å²) in [6.45, 7) is 3.01. The molecule has 1 atom stereocenters. The lowest BCUT2D eigenvalue weighted by Gasteiger charge is -2.16. The lowest BCUT2D eigenvalue weighted by molar-refractivity contribution is 0.543. The first-order chi connectivity index (χ1) is 8.24. The van der Waals surface area contributed by atoms with Gasteiger partial charge in [0.25, 0.3) is 0 Å². The number of hydrogen-bond donors (Lipinski definition) is 1. The lowest BCUT2D eigenvalue weighted by Crippen LogP contribution is -2.26. The van der Waals surface area contributed by atoms with E-state index in [0.29, 0.717) is 5.02 Å². The van der Waals surface area contributed by atoms with Crippen LogP contribution in [-0.4, -0.2) is 25.9 Å². The Morgan fingerprint density at radius 2 is 2.41 bits per heavy atom. The molecule has 2 aromatic rings. The van der Waals surface area contributed by atoms with Crippen molar-refractivity contribution in [2.45, 2.75) is 19.4 Å². The highest BCUT2D eigenvalue weighted by atomic mass is 35.5. The van der Waals surface area contributed by atoms with Crippen LogP contribution < -0.4 is 5.32 Å². The van der Waals surface area contributed by atoms with Gasteiger partial charge in [0.2, 0.25) is 0 Å². The molecular weight excluding hydrogens is 258 g/mol. The number of aryl methyl sites for hydroxylation is 1. The minimum Gasteiger partial charge on any atom is -0.304 e. The van der Waals surface area contributed by atoms with Crippen molar-refractivity contribution in [3.8, 4) is 0 Å². The summed E-state index contributed by atoms with van der Waals surface area (Å²) in [4.78, 5) is 0.